The minimum atomic E-state index is 1.11. The maximum absolute atomic E-state index is 3.94. The van der Waals surface area contributed by atoms with E-state index in [1.54, 1.807) is 0 Å². The second kappa shape index (κ2) is 3.58. The van der Waals surface area contributed by atoms with E-state index in [1.807, 2.05) is 6.92 Å². The molecule has 0 saturated carbocycles. The monoisotopic (exact) mass is 246 g/mol. The number of benzene rings is 2. The standard InChI is InChI=1S/C13H11Br/c1-9(2)10-3-4-12-8-13(14)6-5-11(12)7-10/h3-8H,1H2,2H3. The molecular formula is C13H11Br. The van der Waals surface area contributed by atoms with Crippen molar-refractivity contribution in [2.24, 2.45) is 0 Å². The number of rotatable bonds is 1. The molecule has 0 saturated heterocycles. The lowest BCUT2D eigenvalue weighted by Crippen LogP contribution is -1.79. The summed E-state index contributed by atoms with van der Waals surface area (Å²) in [6, 6.07) is 12.7. The third kappa shape index (κ3) is 1.73. The molecule has 0 amide bonds. The first-order chi connectivity index (χ1) is 6.66. The van der Waals surface area contributed by atoms with E-state index in [1.165, 1.54) is 16.3 Å². The molecule has 2 rings (SSSR count). The van der Waals surface area contributed by atoms with Gasteiger partial charge in [0.25, 0.3) is 0 Å². The van der Waals surface area contributed by atoms with Crippen LogP contribution in [-0.2, 0) is 0 Å². The molecule has 0 aliphatic heterocycles. The lowest BCUT2D eigenvalue weighted by Gasteiger charge is -2.03. The van der Waals surface area contributed by atoms with Crippen molar-refractivity contribution >= 4 is 32.3 Å². The summed E-state index contributed by atoms with van der Waals surface area (Å²) in [4.78, 5) is 0. The minimum Gasteiger partial charge on any atom is -0.0955 e. The third-order valence-corrected chi connectivity index (χ3v) is 2.79. The molecule has 0 radical (unpaired) electrons. The second-order valence-corrected chi connectivity index (χ2v) is 4.40. The summed E-state index contributed by atoms with van der Waals surface area (Å²) >= 11 is 3.46. The van der Waals surface area contributed by atoms with Crippen molar-refractivity contribution in [2.75, 3.05) is 0 Å². The molecule has 0 fully saturated rings. The summed E-state index contributed by atoms with van der Waals surface area (Å²) in [6.45, 7) is 5.97. The number of halogens is 1. The normalized spacial score (nSPS) is 10.4. The van der Waals surface area contributed by atoms with E-state index < -0.39 is 0 Å². The summed E-state index contributed by atoms with van der Waals surface area (Å²) < 4.78 is 1.12. The Morgan fingerprint density at radius 3 is 2.43 bits per heavy atom. The number of allylic oxidation sites excluding steroid dienone is 1. The Kier molecular flexibility index (Phi) is 2.42. The van der Waals surface area contributed by atoms with Gasteiger partial charge in [0.1, 0.15) is 0 Å². The highest BCUT2D eigenvalue weighted by atomic mass is 79.9. The van der Waals surface area contributed by atoms with Gasteiger partial charge in [-0.3, -0.25) is 0 Å². The fraction of sp³-hybridized carbons (Fsp3) is 0.0769. The van der Waals surface area contributed by atoms with Gasteiger partial charge in [0.15, 0.2) is 0 Å². The molecule has 0 aliphatic rings. The van der Waals surface area contributed by atoms with E-state index in [4.69, 9.17) is 0 Å². The van der Waals surface area contributed by atoms with Crippen LogP contribution in [0.15, 0.2) is 47.4 Å². The Labute approximate surface area is 92.4 Å². The highest BCUT2D eigenvalue weighted by molar-refractivity contribution is 9.10. The predicted octanol–water partition coefficient (Wildman–Crippen LogP) is 4.64. The van der Waals surface area contributed by atoms with Gasteiger partial charge >= 0.3 is 0 Å². The molecule has 2 aromatic rings. The van der Waals surface area contributed by atoms with Crippen molar-refractivity contribution in [1.29, 1.82) is 0 Å². The van der Waals surface area contributed by atoms with Crippen molar-refractivity contribution in [3.8, 4) is 0 Å². The molecule has 0 spiro atoms. The first-order valence-corrected chi connectivity index (χ1v) is 5.31. The molecule has 0 heterocycles. The predicted molar refractivity (Wildman–Crippen MR) is 66.4 cm³/mol. The maximum Gasteiger partial charge on any atom is 0.0181 e. The van der Waals surface area contributed by atoms with Gasteiger partial charge in [-0.25, -0.2) is 0 Å². The van der Waals surface area contributed by atoms with Crippen LogP contribution in [0.25, 0.3) is 16.3 Å². The number of hydrogen-bond acceptors (Lipinski definition) is 0. The largest absolute Gasteiger partial charge is 0.0955 e. The summed E-state index contributed by atoms with van der Waals surface area (Å²) in [5.41, 5.74) is 2.31. The van der Waals surface area contributed by atoms with E-state index in [0.717, 1.165) is 10.0 Å². The molecule has 70 valence electrons. The van der Waals surface area contributed by atoms with E-state index in [-0.39, 0.29) is 0 Å². The zero-order chi connectivity index (χ0) is 10.1. The summed E-state index contributed by atoms with van der Waals surface area (Å²) in [7, 11) is 0. The van der Waals surface area contributed by atoms with Crippen molar-refractivity contribution in [1.82, 2.24) is 0 Å². The Hall–Kier alpha value is -1.08. The Bertz CT molecular complexity index is 498. The van der Waals surface area contributed by atoms with Crippen molar-refractivity contribution in [3.05, 3.63) is 53.0 Å². The first kappa shape index (κ1) is 9.47. The van der Waals surface area contributed by atoms with Gasteiger partial charge in [-0.2, -0.15) is 0 Å². The molecule has 0 aliphatic carbocycles. The second-order valence-electron chi connectivity index (χ2n) is 3.49. The maximum atomic E-state index is 3.94. The van der Waals surface area contributed by atoms with Crippen LogP contribution < -0.4 is 0 Å². The van der Waals surface area contributed by atoms with E-state index in [0.29, 0.717) is 0 Å². The molecule has 0 nitrogen and oxygen atoms in total. The van der Waals surface area contributed by atoms with Crippen molar-refractivity contribution in [2.45, 2.75) is 6.92 Å². The molecular weight excluding hydrogens is 236 g/mol. The molecule has 14 heavy (non-hydrogen) atoms. The van der Waals surface area contributed by atoms with Crippen molar-refractivity contribution < 1.29 is 0 Å². The fourth-order valence-corrected chi connectivity index (χ4v) is 1.86. The summed E-state index contributed by atoms with van der Waals surface area (Å²) in [5, 5.41) is 2.51. The molecule has 0 atom stereocenters. The van der Waals surface area contributed by atoms with Gasteiger partial charge in [-0.15, -0.1) is 0 Å². The van der Waals surface area contributed by atoms with Gasteiger partial charge < -0.3 is 0 Å². The first-order valence-electron chi connectivity index (χ1n) is 4.52. The molecule has 0 N–H and O–H groups in total. The SMILES string of the molecule is C=C(C)c1ccc2cc(Br)ccc2c1. The number of hydrogen-bond donors (Lipinski definition) is 0. The van der Waals surface area contributed by atoms with Gasteiger partial charge in [0, 0.05) is 4.47 Å². The average Bonchev–Trinajstić information content (AvgIpc) is 2.16. The van der Waals surface area contributed by atoms with Crippen LogP contribution >= 0.6 is 15.9 Å². The van der Waals surface area contributed by atoms with Crippen LogP contribution in [0.1, 0.15) is 12.5 Å². The van der Waals surface area contributed by atoms with E-state index in [9.17, 15) is 0 Å². The molecule has 2 aromatic carbocycles. The van der Waals surface area contributed by atoms with E-state index >= 15 is 0 Å². The Balaban J connectivity index is 2.67. The summed E-state index contributed by atoms with van der Waals surface area (Å²) in [6.07, 6.45) is 0. The Morgan fingerprint density at radius 1 is 1.07 bits per heavy atom. The number of fused-ring (bicyclic) bond motifs is 1. The van der Waals surface area contributed by atoms with E-state index in [2.05, 4.69) is 58.9 Å². The minimum absolute atomic E-state index is 1.11. The zero-order valence-corrected chi connectivity index (χ0v) is 9.64. The highest BCUT2D eigenvalue weighted by Crippen LogP contribution is 2.23. The van der Waals surface area contributed by atoms with Crippen LogP contribution in [0.2, 0.25) is 0 Å². The quantitative estimate of drug-likeness (QED) is 0.688. The van der Waals surface area contributed by atoms with Crippen LogP contribution in [-0.4, -0.2) is 0 Å². The fourth-order valence-electron chi connectivity index (χ4n) is 1.48. The van der Waals surface area contributed by atoms with Crippen LogP contribution in [0.4, 0.5) is 0 Å². The van der Waals surface area contributed by atoms with Gasteiger partial charge in [-0.1, -0.05) is 46.3 Å². The van der Waals surface area contributed by atoms with Gasteiger partial charge in [-0.05, 0) is 41.5 Å². The highest BCUT2D eigenvalue weighted by Gasteiger charge is 1.97. The van der Waals surface area contributed by atoms with Crippen LogP contribution in [0.3, 0.4) is 0 Å². The van der Waals surface area contributed by atoms with Crippen LogP contribution in [0, 0.1) is 0 Å². The Morgan fingerprint density at radius 2 is 1.71 bits per heavy atom. The zero-order valence-electron chi connectivity index (χ0n) is 8.05. The summed E-state index contributed by atoms with van der Waals surface area (Å²) in [5.74, 6) is 0. The van der Waals surface area contributed by atoms with Crippen molar-refractivity contribution in [3.63, 3.8) is 0 Å². The lowest BCUT2D eigenvalue weighted by molar-refractivity contribution is 1.61. The van der Waals surface area contributed by atoms with Gasteiger partial charge in [0.2, 0.25) is 0 Å². The molecule has 1 heteroatoms. The smallest absolute Gasteiger partial charge is 0.0181 e. The lowest BCUT2D eigenvalue weighted by atomic mass is 10.0. The average molecular weight is 247 g/mol. The molecule has 0 aromatic heterocycles. The van der Waals surface area contributed by atoms with Crippen LogP contribution in [0.5, 0.6) is 0 Å². The van der Waals surface area contributed by atoms with Gasteiger partial charge in [0.05, 0.1) is 0 Å². The third-order valence-electron chi connectivity index (χ3n) is 2.30. The molecule has 0 unspecified atom stereocenters. The molecule has 0 bridgehead atoms. The topological polar surface area (TPSA) is 0 Å².